The van der Waals surface area contributed by atoms with Gasteiger partial charge in [0.2, 0.25) is 5.91 Å². The molecule has 1 aromatic carbocycles. The Bertz CT molecular complexity index is 577. The molecule has 1 aliphatic rings. The molecule has 20 heavy (non-hydrogen) atoms. The Morgan fingerprint density at radius 3 is 2.50 bits per heavy atom. The summed E-state index contributed by atoms with van der Waals surface area (Å²) in [7, 11) is 0. The Labute approximate surface area is 124 Å². The van der Waals surface area contributed by atoms with E-state index in [9.17, 15) is 18.8 Å². The highest BCUT2D eigenvalue weighted by Crippen LogP contribution is 2.37. The Morgan fingerprint density at radius 1 is 1.25 bits per heavy atom. The predicted octanol–water partition coefficient (Wildman–Crippen LogP) is 4.14. The maximum Gasteiger partial charge on any atom is 0.244 e. The fraction of sp³-hybridized carbons (Fsp3) is 0.429. The molecular weight excluding hydrogens is 330 g/mol. The number of carbonyl (C=O) groups is 1. The molecule has 1 fully saturated rings. The normalized spacial score (nSPS) is 17.3. The average molecular weight is 343 g/mol. The molecule has 1 aromatic rings. The molecule has 1 aliphatic carbocycles. The van der Waals surface area contributed by atoms with Crippen molar-refractivity contribution in [1.82, 2.24) is 0 Å². The summed E-state index contributed by atoms with van der Waals surface area (Å²) in [5, 5.41) is 11.7. The van der Waals surface area contributed by atoms with Crippen molar-refractivity contribution in [3.05, 3.63) is 28.2 Å². The molecule has 1 N–H and O–H groups in total. The van der Waals surface area contributed by atoms with Crippen LogP contribution >= 0.6 is 15.9 Å². The second-order valence-electron chi connectivity index (χ2n) is 4.95. The van der Waals surface area contributed by atoms with Crippen LogP contribution in [0.5, 0.6) is 0 Å². The van der Waals surface area contributed by atoms with Gasteiger partial charge in [-0.2, -0.15) is 5.26 Å². The number of carbonyl (C=O) groups excluding carboxylic acids is 1. The number of rotatable bonds is 2. The maximum absolute atomic E-state index is 13.6. The Hall–Kier alpha value is -1.48. The molecule has 0 radical (unpaired) electrons. The summed E-state index contributed by atoms with van der Waals surface area (Å²) in [5.41, 5.74) is -1.23. The van der Waals surface area contributed by atoms with Gasteiger partial charge in [-0.15, -0.1) is 0 Å². The summed E-state index contributed by atoms with van der Waals surface area (Å²) >= 11 is 2.94. The third-order valence-electron chi connectivity index (χ3n) is 3.61. The fourth-order valence-electron chi connectivity index (χ4n) is 2.41. The first-order valence-electron chi connectivity index (χ1n) is 6.36. The van der Waals surface area contributed by atoms with E-state index in [4.69, 9.17) is 0 Å². The molecule has 0 spiro atoms. The van der Waals surface area contributed by atoms with Crippen molar-refractivity contribution >= 4 is 27.5 Å². The molecule has 6 heteroatoms. The average Bonchev–Trinajstić information content (AvgIpc) is 2.45. The van der Waals surface area contributed by atoms with Crippen molar-refractivity contribution in [2.75, 3.05) is 5.32 Å². The van der Waals surface area contributed by atoms with E-state index >= 15 is 0 Å². The molecule has 106 valence electrons. The van der Waals surface area contributed by atoms with Gasteiger partial charge in [0.1, 0.15) is 17.0 Å². The molecule has 1 amide bonds. The molecule has 0 heterocycles. The van der Waals surface area contributed by atoms with E-state index in [0.717, 1.165) is 25.3 Å². The van der Waals surface area contributed by atoms with Crippen LogP contribution in [0.15, 0.2) is 16.6 Å². The highest BCUT2D eigenvalue weighted by Gasteiger charge is 2.40. The van der Waals surface area contributed by atoms with Gasteiger partial charge in [-0.05, 0) is 34.8 Å². The maximum atomic E-state index is 13.6. The van der Waals surface area contributed by atoms with E-state index in [2.05, 4.69) is 27.3 Å². The second-order valence-corrected chi connectivity index (χ2v) is 5.81. The quantitative estimate of drug-likeness (QED) is 0.821. The Morgan fingerprint density at radius 2 is 1.90 bits per heavy atom. The predicted molar refractivity (Wildman–Crippen MR) is 73.8 cm³/mol. The van der Waals surface area contributed by atoms with Gasteiger partial charge < -0.3 is 5.32 Å². The van der Waals surface area contributed by atoms with Crippen molar-refractivity contribution in [2.45, 2.75) is 32.1 Å². The number of amides is 1. The highest BCUT2D eigenvalue weighted by molar-refractivity contribution is 9.10. The van der Waals surface area contributed by atoms with Crippen LogP contribution in [-0.2, 0) is 4.79 Å². The van der Waals surface area contributed by atoms with Gasteiger partial charge in [0.05, 0.1) is 16.2 Å². The van der Waals surface area contributed by atoms with Crippen LogP contribution in [0.25, 0.3) is 0 Å². The van der Waals surface area contributed by atoms with Crippen LogP contribution < -0.4 is 5.32 Å². The summed E-state index contributed by atoms with van der Waals surface area (Å²) < 4.78 is 26.8. The molecule has 2 rings (SSSR count). The first kappa shape index (κ1) is 14.9. The number of anilines is 1. The van der Waals surface area contributed by atoms with Crippen molar-refractivity contribution in [2.24, 2.45) is 5.41 Å². The third kappa shape index (κ3) is 2.83. The molecule has 0 saturated heterocycles. The minimum absolute atomic E-state index is 0.0591. The number of nitrogens with zero attached hydrogens (tertiary/aromatic N) is 1. The van der Waals surface area contributed by atoms with Crippen LogP contribution in [0.4, 0.5) is 14.5 Å². The molecule has 0 atom stereocenters. The van der Waals surface area contributed by atoms with Gasteiger partial charge in [-0.1, -0.05) is 19.3 Å². The smallest absolute Gasteiger partial charge is 0.244 e. The molecule has 0 unspecified atom stereocenters. The van der Waals surface area contributed by atoms with Gasteiger partial charge >= 0.3 is 0 Å². The molecule has 1 saturated carbocycles. The third-order valence-corrected chi connectivity index (χ3v) is 4.22. The highest BCUT2D eigenvalue weighted by atomic mass is 79.9. The number of hydrogen-bond acceptors (Lipinski definition) is 2. The summed E-state index contributed by atoms with van der Waals surface area (Å²) in [6.45, 7) is 0. The zero-order chi connectivity index (χ0) is 14.8. The first-order chi connectivity index (χ1) is 9.48. The van der Waals surface area contributed by atoms with Crippen LogP contribution in [0, 0.1) is 28.4 Å². The zero-order valence-electron chi connectivity index (χ0n) is 10.7. The summed E-state index contributed by atoms with van der Waals surface area (Å²) in [5.74, 6) is -2.12. The lowest BCUT2D eigenvalue weighted by molar-refractivity contribution is -0.124. The molecule has 0 bridgehead atoms. The van der Waals surface area contributed by atoms with E-state index < -0.39 is 23.0 Å². The van der Waals surface area contributed by atoms with Crippen molar-refractivity contribution in [3.8, 4) is 6.07 Å². The van der Waals surface area contributed by atoms with Gasteiger partial charge in [-0.3, -0.25) is 4.79 Å². The Balaban J connectivity index is 2.23. The standard InChI is InChI=1S/C14H13BrF2N2O/c15-9-6-12(11(17)7-10(9)16)19-13(20)14(8-18)4-2-1-3-5-14/h6-7H,1-5H2,(H,19,20). The summed E-state index contributed by atoms with van der Waals surface area (Å²) in [6.07, 6.45) is 3.54. The molecule has 3 nitrogen and oxygen atoms in total. The number of halogens is 3. The first-order valence-corrected chi connectivity index (χ1v) is 7.15. The van der Waals surface area contributed by atoms with Crippen LogP contribution in [-0.4, -0.2) is 5.91 Å². The van der Waals surface area contributed by atoms with E-state index in [0.29, 0.717) is 18.9 Å². The van der Waals surface area contributed by atoms with Crippen molar-refractivity contribution < 1.29 is 13.6 Å². The van der Waals surface area contributed by atoms with Crippen LogP contribution in [0.1, 0.15) is 32.1 Å². The summed E-state index contributed by atoms with van der Waals surface area (Å²) in [4.78, 5) is 12.3. The molecule has 0 aliphatic heterocycles. The number of nitrogens with one attached hydrogen (secondary N) is 1. The van der Waals surface area contributed by atoms with Gasteiger partial charge in [0.15, 0.2) is 0 Å². The van der Waals surface area contributed by atoms with Gasteiger partial charge in [0, 0.05) is 6.07 Å². The van der Waals surface area contributed by atoms with Crippen molar-refractivity contribution in [3.63, 3.8) is 0 Å². The van der Waals surface area contributed by atoms with E-state index in [1.807, 2.05) is 0 Å². The molecular formula is C14H13BrF2N2O. The van der Waals surface area contributed by atoms with E-state index in [-0.39, 0.29) is 10.2 Å². The fourth-order valence-corrected chi connectivity index (χ4v) is 2.75. The lowest BCUT2D eigenvalue weighted by atomic mass is 9.74. The second kappa shape index (κ2) is 5.88. The monoisotopic (exact) mass is 342 g/mol. The van der Waals surface area contributed by atoms with Crippen LogP contribution in [0.3, 0.4) is 0 Å². The minimum atomic E-state index is -1.11. The van der Waals surface area contributed by atoms with Gasteiger partial charge in [0.25, 0.3) is 0 Å². The number of benzene rings is 1. The zero-order valence-corrected chi connectivity index (χ0v) is 12.3. The lowest BCUT2D eigenvalue weighted by Crippen LogP contribution is -2.37. The number of nitriles is 1. The largest absolute Gasteiger partial charge is 0.322 e. The minimum Gasteiger partial charge on any atom is -0.322 e. The van der Waals surface area contributed by atoms with E-state index in [1.165, 1.54) is 0 Å². The number of hydrogen-bond donors (Lipinski definition) is 1. The summed E-state index contributed by atoms with van der Waals surface area (Å²) in [6, 6.07) is 3.92. The van der Waals surface area contributed by atoms with Crippen LogP contribution in [0.2, 0.25) is 0 Å². The molecule has 0 aromatic heterocycles. The van der Waals surface area contributed by atoms with Gasteiger partial charge in [-0.25, -0.2) is 8.78 Å². The Kier molecular flexibility index (Phi) is 4.39. The van der Waals surface area contributed by atoms with E-state index in [1.54, 1.807) is 0 Å². The topological polar surface area (TPSA) is 52.9 Å². The van der Waals surface area contributed by atoms with Crippen molar-refractivity contribution in [1.29, 1.82) is 5.26 Å². The lowest BCUT2D eigenvalue weighted by Gasteiger charge is -2.29. The SMILES string of the molecule is N#CC1(C(=O)Nc2cc(Br)c(F)cc2F)CCCCC1.